The van der Waals surface area contributed by atoms with Crippen molar-refractivity contribution in [1.29, 1.82) is 0 Å². The predicted octanol–water partition coefficient (Wildman–Crippen LogP) is 3.18. The first-order chi connectivity index (χ1) is 8.16. The fraction of sp³-hybridized carbons (Fsp3) is 0.667. The summed E-state index contributed by atoms with van der Waals surface area (Å²) in [6, 6.07) is 1.66. The number of hydrogen-bond donors (Lipinski definition) is 1. The molecule has 0 aromatic carbocycles. The minimum Gasteiger partial charge on any atom is -0.312 e. The van der Waals surface area contributed by atoms with E-state index in [1.807, 2.05) is 5.38 Å². The van der Waals surface area contributed by atoms with Crippen LogP contribution in [0.2, 0.25) is 0 Å². The van der Waals surface area contributed by atoms with Crippen LogP contribution in [0.5, 0.6) is 0 Å². The van der Waals surface area contributed by atoms with Crippen molar-refractivity contribution in [3.63, 3.8) is 0 Å². The van der Waals surface area contributed by atoms with Crippen LogP contribution in [-0.2, 0) is 6.54 Å². The summed E-state index contributed by atoms with van der Waals surface area (Å²) in [7, 11) is 0. The van der Waals surface area contributed by atoms with E-state index in [2.05, 4.69) is 12.2 Å². The molecular formula is C12H18N2O2S. The molecule has 1 heterocycles. The highest BCUT2D eigenvalue weighted by atomic mass is 32.1. The molecule has 5 heteroatoms. The van der Waals surface area contributed by atoms with Crippen LogP contribution in [0.1, 0.15) is 31.7 Å². The normalized spacial score (nSPS) is 24.1. The average molecular weight is 254 g/mol. The highest BCUT2D eigenvalue weighted by molar-refractivity contribution is 7.13. The highest BCUT2D eigenvalue weighted by Gasteiger charge is 2.22. The van der Waals surface area contributed by atoms with Crippen LogP contribution in [0.15, 0.2) is 11.4 Å². The molecular weight excluding hydrogens is 236 g/mol. The molecule has 17 heavy (non-hydrogen) atoms. The largest absolute Gasteiger partial charge is 0.324 e. The van der Waals surface area contributed by atoms with Crippen molar-refractivity contribution >= 4 is 16.3 Å². The third kappa shape index (κ3) is 3.26. The van der Waals surface area contributed by atoms with E-state index in [0.29, 0.717) is 0 Å². The zero-order valence-corrected chi connectivity index (χ0v) is 10.8. The number of nitrogens with one attached hydrogen (secondary N) is 1. The van der Waals surface area contributed by atoms with Crippen LogP contribution in [0.4, 0.5) is 5.00 Å². The molecule has 4 nitrogen and oxygen atoms in total. The maximum atomic E-state index is 10.5. The van der Waals surface area contributed by atoms with Gasteiger partial charge < -0.3 is 5.32 Å². The van der Waals surface area contributed by atoms with Gasteiger partial charge in [-0.1, -0.05) is 31.1 Å². The van der Waals surface area contributed by atoms with Gasteiger partial charge in [0.1, 0.15) is 0 Å². The van der Waals surface area contributed by atoms with Gasteiger partial charge in [0.15, 0.2) is 0 Å². The van der Waals surface area contributed by atoms with Gasteiger partial charge in [-0.3, -0.25) is 10.1 Å². The molecule has 1 saturated carbocycles. The van der Waals surface area contributed by atoms with Gasteiger partial charge in [-0.05, 0) is 30.4 Å². The fourth-order valence-electron chi connectivity index (χ4n) is 2.48. The molecule has 1 fully saturated rings. The molecule has 2 rings (SSSR count). The van der Waals surface area contributed by atoms with Gasteiger partial charge in [-0.2, -0.15) is 0 Å². The molecule has 1 aromatic rings. The summed E-state index contributed by atoms with van der Waals surface area (Å²) in [5.41, 5.74) is 1.02. The third-order valence-electron chi connectivity index (χ3n) is 3.59. The summed E-state index contributed by atoms with van der Waals surface area (Å²) in [6.45, 7) is 4.09. The number of rotatable bonds is 5. The summed E-state index contributed by atoms with van der Waals surface area (Å²) in [6.07, 6.45) is 4.01. The summed E-state index contributed by atoms with van der Waals surface area (Å²) in [4.78, 5) is 10.2. The van der Waals surface area contributed by atoms with Gasteiger partial charge in [-0.25, -0.2) is 0 Å². The van der Waals surface area contributed by atoms with Gasteiger partial charge in [0, 0.05) is 18.0 Å². The Morgan fingerprint density at radius 2 is 2.41 bits per heavy atom. The minimum atomic E-state index is -0.326. The first kappa shape index (κ1) is 12.5. The van der Waals surface area contributed by atoms with Crippen molar-refractivity contribution in [3.8, 4) is 0 Å². The first-order valence-electron chi connectivity index (χ1n) is 6.09. The van der Waals surface area contributed by atoms with Gasteiger partial charge in [-0.15, -0.1) is 0 Å². The highest BCUT2D eigenvalue weighted by Crippen LogP contribution is 2.30. The Balaban J connectivity index is 1.76. The zero-order valence-electron chi connectivity index (χ0n) is 10.0. The SMILES string of the molecule is CC1CCCC1CNCc1csc([N+](=O)[O-])c1. The second kappa shape index (κ2) is 5.60. The van der Waals surface area contributed by atoms with Crippen LogP contribution in [0.25, 0.3) is 0 Å². The summed E-state index contributed by atoms with van der Waals surface area (Å²) < 4.78 is 0. The Bertz CT molecular complexity index is 392. The van der Waals surface area contributed by atoms with Crippen molar-refractivity contribution in [2.75, 3.05) is 6.54 Å². The molecule has 1 N–H and O–H groups in total. The van der Waals surface area contributed by atoms with Crippen LogP contribution in [-0.4, -0.2) is 11.5 Å². The lowest BCUT2D eigenvalue weighted by molar-refractivity contribution is -0.380. The Morgan fingerprint density at radius 3 is 3.00 bits per heavy atom. The van der Waals surface area contributed by atoms with Gasteiger partial charge in [0.25, 0.3) is 0 Å². The lowest BCUT2D eigenvalue weighted by Gasteiger charge is -2.15. The molecule has 1 aliphatic rings. The molecule has 2 unspecified atom stereocenters. The Labute approximate surface area is 105 Å². The molecule has 0 radical (unpaired) electrons. The average Bonchev–Trinajstić information content (AvgIpc) is 2.89. The maximum Gasteiger partial charge on any atom is 0.324 e. The number of nitrogens with zero attached hydrogens (tertiary/aromatic N) is 1. The van der Waals surface area contributed by atoms with E-state index < -0.39 is 0 Å². The van der Waals surface area contributed by atoms with Crippen LogP contribution >= 0.6 is 11.3 Å². The lowest BCUT2D eigenvalue weighted by atomic mass is 9.98. The Kier molecular flexibility index (Phi) is 4.12. The molecule has 0 spiro atoms. The topological polar surface area (TPSA) is 55.2 Å². The molecule has 1 aromatic heterocycles. The van der Waals surface area contributed by atoms with Crippen LogP contribution in [0, 0.1) is 22.0 Å². The number of nitro groups is 1. The van der Waals surface area contributed by atoms with Gasteiger partial charge in [0.2, 0.25) is 0 Å². The molecule has 2 atom stereocenters. The van der Waals surface area contributed by atoms with E-state index in [1.165, 1.54) is 30.6 Å². The van der Waals surface area contributed by atoms with Crippen molar-refractivity contribution in [3.05, 3.63) is 27.1 Å². The molecule has 0 saturated heterocycles. The smallest absolute Gasteiger partial charge is 0.312 e. The molecule has 94 valence electrons. The van der Waals surface area contributed by atoms with Crippen molar-refractivity contribution in [2.24, 2.45) is 11.8 Å². The van der Waals surface area contributed by atoms with Crippen molar-refractivity contribution < 1.29 is 4.92 Å². The second-order valence-corrected chi connectivity index (χ2v) is 5.74. The summed E-state index contributed by atoms with van der Waals surface area (Å²) >= 11 is 1.20. The van der Waals surface area contributed by atoms with Gasteiger partial charge in [0.05, 0.1) is 4.92 Å². The molecule has 0 aliphatic heterocycles. The van der Waals surface area contributed by atoms with E-state index >= 15 is 0 Å². The monoisotopic (exact) mass is 254 g/mol. The Hall–Kier alpha value is -0.940. The lowest BCUT2D eigenvalue weighted by Crippen LogP contribution is -2.23. The van der Waals surface area contributed by atoms with Gasteiger partial charge >= 0.3 is 5.00 Å². The second-order valence-electron chi connectivity index (χ2n) is 4.85. The maximum absolute atomic E-state index is 10.5. The quantitative estimate of drug-likeness (QED) is 0.648. The first-order valence-corrected chi connectivity index (χ1v) is 6.97. The summed E-state index contributed by atoms with van der Waals surface area (Å²) in [5, 5.41) is 16.0. The van der Waals surface area contributed by atoms with E-state index in [1.54, 1.807) is 6.07 Å². The molecule has 0 amide bonds. The van der Waals surface area contributed by atoms with E-state index in [-0.39, 0.29) is 9.92 Å². The van der Waals surface area contributed by atoms with E-state index in [4.69, 9.17) is 0 Å². The van der Waals surface area contributed by atoms with E-state index in [0.717, 1.165) is 30.5 Å². The number of hydrogen-bond acceptors (Lipinski definition) is 4. The molecule has 0 bridgehead atoms. The predicted molar refractivity (Wildman–Crippen MR) is 69.2 cm³/mol. The van der Waals surface area contributed by atoms with Crippen LogP contribution < -0.4 is 5.32 Å². The Morgan fingerprint density at radius 1 is 1.59 bits per heavy atom. The van der Waals surface area contributed by atoms with Crippen LogP contribution in [0.3, 0.4) is 0 Å². The standard InChI is InChI=1S/C12H18N2O2S/c1-9-3-2-4-11(9)7-13-6-10-5-12(14(15)16)17-8-10/h5,8-9,11,13H,2-4,6-7H2,1H3. The van der Waals surface area contributed by atoms with Crippen molar-refractivity contribution in [2.45, 2.75) is 32.7 Å². The zero-order chi connectivity index (χ0) is 12.3. The third-order valence-corrected chi connectivity index (χ3v) is 4.52. The van der Waals surface area contributed by atoms with Crippen molar-refractivity contribution in [1.82, 2.24) is 5.32 Å². The van der Waals surface area contributed by atoms with E-state index in [9.17, 15) is 10.1 Å². The fourth-order valence-corrected chi connectivity index (χ4v) is 3.21. The minimum absolute atomic E-state index is 0.232. The molecule has 1 aliphatic carbocycles. The summed E-state index contributed by atoms with van der Waals surface area (Å²) in [5.74, 6) is 1.60. The number of thiophene rings is 1.